The Bertz CT molecular complexity index is 447. The van der Waals surface area contributed by atoms with Crippen molar-refractivity contribution in [3.63, 3.8) is 0 Å². The van der Waals surface area contributed by atoms with Gasteiger partial charge in [0.25, 0.3) is 0 Å². The Hall–Kier alpha value is -1.99. The molecule has 0 saturated carbocycles. The van der Waals surface area contributed by atoms with Crippen LogP contribution in [0.15, 0.2) is 24.3 Å². The number of urea groups is 1. The molecule has 0 unspecified atom stereocenters. The van der Waals surface area contributed by atoms with Crippen LogP contribution in [0.1, 0.15) is 24.5 Å². The summed E-state index contributed by atoms with van der Waals surface area (Å²) in [5.41, 5.74) is 1.84. The van der Waals surface area contributed by atoms with Crippen molar-refractivity contribution in [1.82, 2.24) is 10.6 Å². The standard InChI is InChI=1S/C14H18N2O2/c1-2-15-14(18)16-11-13-9-4-3-7-12(13)8-5-6-10-17/h3-4,7,9,17H,2,6,10-11H2,1H3,(H2,15,16,18). The summed E-state index contributed by atoms with van der Waals surface area (Å²) in [5.74, 6) is 5.86. The molecule has 0 aliphatic rings. The molecular weight excluding hydrogens is 228 g/mol. The highest BCUT2D eigenvalue weighted by Gasteiger charge is 2.01. The molecule has 0 bridgehead atoms. The average Bonchev–Trinajstić information content (AvgIpc) is 2.38. The number of hydrogen-bond donors (Lipinski definition) is 3. The zero-order chi connectivity index (χ0) is 13.2. The van der Waals surface area contributed by atoms with Gasteiger partial charge in [-0.1, -0.05) is 30.0 Å². The van der Waals surface area contributed by atoms with Gasteiger partial charge in [-0.2, -0.15) is 0 Å². The molecule has 1 rings (SSSR count). The molecule has 0 spiro atoms. The van der Waals surface area contributed by atoms with Gasteiger partial charge in [-0.05, 0) is 18.6 Å². The van der Waals surface area contributed by atoms with Gasteiger partial charge in [-0.25, -0.2) is 4.79 Å². The summed E-state index contributed by atoms with van der Waals surface area (Å²) in [7, 11) is 0. The Balaban J connectivity index is 2.65. The minimum atomic E-state index is -0.185. The third-order valence-electron chi connectivity index (χ3n) is 2.25. The smallest absolute Gasteiger partial charge is 0.315 e. The van der Waals surface area contributed by atoms with Crippen molar-refractivity contribution >= 4 is 6.03 Å². The molecule has 3 N–H and O–H groups in total. The molecule has 0 fully saturated rings. The molecule has 4 heteroatoms. The number of aliphatic hydroxyl groups excluding tert-OH is 1. The normalized spacial score (nSPS) is 9.22. The largest absolute Gasteiger partial charge is 0.395 e. The van der Waals surface area contributed by atoms with E-state index in [0.717, 1.165) is 11.1 Å². The lowest BCUT2D eigenvalue weighted by Gasteiger charge is -2.07. The average molecular weight is 246 g/mol. The van der Waals surface area contributed by atoms with E-state index in [1.807, 2.05) is 31.2 Å². The fourth-order valence-electron chi connectivity index (χ4n) is 1.41. The number of amides is 2. The summed E-state index contributed by atoms with van der Waals surface area (Å²) in [6, 6.07) is 7.45. The number of rotatable bonds is 4. The van der Waals surface area contributed by atoms with Gasteiger partial charge in [-0.15, -0.1) is 0 Å². The summed E-state index contributed by atoms with van der Waals surface area (Å²) in [4.78, 5) is 11.3. The zero-order valence-electron chi connectivity index (χ0n) is 10.5. The van der Waals surface area contributed by atoms with E-state index in [0.29, 0.717) is 19.5 Å². The lowest BCUT2D eigenvalue weighted by Crippen LogP contribution is -2.34. The molecule has 1 aromatic rings. The van der Waals surface area contributed by atoms with Crippen LogP contribution in [0.2, 0.25) is 0 Å². The van der Waals surface area contributed by atoms with Gasteiger partial charge in [0.1, 0.15) is 0 Å². The molecule has 4 nitrogen and oxygen atoms in total. The zero-order valence-corrected chi connectivity index (χ0v) is 10.5. The molecule has 0 atom stereocenters. The van der Waals surface area contributed by atoms with Gasteiger partial charge in [0, 0.05) is 25.1 Å². The second-order valence-electron chi connectivity index (χ2n) is 3.65. The molecule has 0 aliphatic carbocycles. The van der Waals surface area contributed by atoms with Crippen LogP contribution in [0.3, 0.4) is 0 Å². The van der Waals surface area contributed by atoms with E-state index in [4.69, 9.17) is 5.11 Å². The van der Waals surface area contributed by atoms with E-state index >= 15 is 0 Å². The van der Waals surface area contributed by atoms with Crippen LogP contribution in [0.5, 0.6) is 0 Å². The molecule has 96 valence electrons. The van der Waals surface area contributed by atoms with Gasteiger partial charge < -0.3 is 15.7 Å². The number of aliphatic hydroxyl groups is 1. The first-order valence-corrected chi connectivity index (χ1v) is 5.97. The highest BCUT2D eigenvalue weighted by molar-refractivity contribution is 5.73. The molecule has 0 radical (unpaired) electrons. The molecule has 18 heavy (non-hydrogen) atoms. The van der Waals surface area contributed by atoms with Gasteiger partial charge in [0.15, 0.2) is 0 Å². The predicted octanol–water partition coefficient (Wildman–Crippen LogP) is 1.24. The second-order valence-corrected chi connectivity index (χ2v) is 3.65. The van der Waals surface area contributed by atoms with Gasteiger partial charge in [-0.3, -0.25) is 0 Å². The summed E-state index contributed by atoms with van der Waals surface area (Å²) in [5, 5.41) is 14.1. The van der Waals surface area contributed by atoms with Crippen LogP contribution in [-0.2, 0) is 6.54 Å². The van der Waals surface area contributed by atoms with Crippen molar-refractivity contribution in [2.24, 2.45) is 0 Å². The molecule has 2 amide bonds. The summed E-state index contributed by atoms with van der Waals surface area (Å²) < 4.78 is 0. The first kappa shape index (κ1) is 14.1. The molecule has 0 aliphatic heterocycles. The van der Waals surface area contributed by atoms with Gasteiger partial charge >= 0.3 is 6.03 Å². The molecule has 0 aromatic heterocycles. The first-order chi connectivity index (χ1) is 8.77. The van der Waals surface area contributed by atoms with Crippen LogP contribution in [-0.4, -0.2) is 24.3 Å². The van der Waals surface area contributed by atoms with Crippen LogP contribution < -0.4 is 10.6 Å². The lowest BCUT2D eigenvalue weighted by atomic mass is 10.1. The maximum atomic E-state index is 11.3. The van der Waals surface area contributed by atoms with Crippen molar-refractivity contribution < 1.29 is 9.90 Å². The third-order valence-corrected chi connectivity index (χ3v) is 2.25. The number of carbonyl (C=O) groups is 1. The Morgan fingerprint density at radius 3 is 2.83 bits per heavy atom. The number of hydrogen-bond acceptors (Lipinski definition) is 2. The molecule has 1 aromatic carbocycles. The lowest BCUT2D eigenvalue weighted by molar-refractivity contribution is 0.241. The maximum absolute atomic E-state index is 11.3. The fraction of sp³-hybridized carbons (Fsp3) is 0.357. The Morgan fingerprint density at radius 2 is 2.11 bits per heavy atom. The monoisotopic (exact) mass is 246 g/mol. The Kier molecular flexibility index (Phi) is 6.37. The van der Waals surface area contributed by atoms with E-state index in [9.17, 15) is 4.79 Å². The van der Waals surface area contributed by atoms with Crippen molar-refractivity contribution in [1.29, 1.82) is 0 Å². The third kappa shape index (κ3) is 4.89. The highest BCUT2D eigenvalue weighted by atomic mass is 16.2. The van der Waals surface area contributed by atoms with Crippen LogP contribution in [0.25, 0.3) is 0 Å². The second kappa shape index (κ2) is 8.15. The highest BCUT2D eigenvalue weighted by Crippen LogP contribution is 2.06. The minimum Gasteiger partial charge on any atom is -0.395 e. The first-order valence-electron chi connectivity index (χ1n) is 5.97. The van der Waals surface area contributed by atoms with Crippen LogP contribution in [0, 0.1) is 11.8 Å². The van der Waals surface area contributed by atoms with Gasteiger partial charge in [0.05, 0.1) is 6.61 Å². The number of nitrogens with one attached hydrogen (secondary N) is 2. The number of benzene rings is 1. The topological polar surface area (TPSA) is 61.4 Å². The minimum absolute atomic E-state index is 0.0618. The van der Waals surface area contributed by atoms with Crippen molar-refractivity contribution in [3.8, 4) is 11.8 Å². The van der Waals surface area contributed by atoms with E-state index in [1.165, 1.54) is 0 Å². The summed E-state index contributed by atoms with van der Waals surface area (Å²) in [6.07, 6.45) is 0.456. The van der Waals surface area contributed by atoms with Crippen molar-refractivity contribution in [2.75, 3.05) is 13.2 Å². The van der Waals surface area contributed by atoms with Crippen molar-refractivity contribution in [3.05, 3.63) is 35.4 Å². The van der Waals surface area contributed by atoms with E-state index in [1.54, 1.807) is 0 Å². The fourth-order valence-corrected chi connectivity index (χ4v) is 1.41. The van der Waals surface area contributed by atoms with Gasteiger partial charge in [0.2, 0.25) is 0 Å². The quantitative estimate of drug-likeness (QED) is 0.700. The van der Waals surface area contributed by atoms with Crippen LogP contribution in [0.4, 0.5) is 4.79 Å². The molecule has 0 saturated heterocycles. The van der Waals surface area contributed by atoms with E-state index in [2.05, 4.69) is 22.5 Å². The number of carbonyl (C=O) groups excluding carboxylic acids is 1. The van der Waals surface area contributed by atoms with E-state index in [-0.39, 0.29) is 12.6 Å². The van der Waals surface area contributed by atoms with Crippen molar-refractivity contribution in [2.45, 2.75) is 19.9 Å². The van der Waals surface area contributed by atoms with Crippen LogP contribution >= 0.6 is 0 Å². The summed E-state index contributed by atoms with van der Waals surface area (Å²) in [6.45, 7) is 2.97. The maximum Gasteiger partial charge on any atom is 0.315 e. The summed E-state index contributed by atoms with van der Waals surface area (Å²) >= 11 is 0. The molecule has 0 heterocycles. The van der Waals surface area contributed by atoms with E-state index < -0.39 is 0 Å². The Morgan fingerprint density at radius 1 is 1.33 bits per heavy atom. The SMILES string of the molecule is CCNC(=O)NCc1ccccc1C#CCCO. The predicted molar refractivity (Wildman–Crippen MR) is 70.9 cm³/mol. The Labute approximate surface area is 107 Å². The molecular formula is C14H18N2O2.